The van der Waals surface area contributed by atoms with Crippen LogP contribution in [-0.4, -0.2) is 41.5 Å². The number of piperidine rings is 1. The minimum Gasteiger partial charge on any atom is -0.496 e. The summed E-state index contributed by atoms with van der Waals surface area (Å²) in [6, 6.07) is 1.30. The third-order valence-electron chi connectivity index (χ3n) is 3.83. The predicted molar refractivity (Wildman–Crippen MR) is 76.1 cm³/mol. The van der Waals surface area contributed by atoms with Crippen LogP contribution in [0.25, 0.3) is 0 Å². The summed E-state index contributed by atoms with van der Waals surface area (Å²) in [7, 11) is 3.00. The van der Waals surface area contributed by atoms with Gasteiger partial charge in [-0.2, -0.15) is 0 Å². The molecule has 114 valence electrons. The Labute approximate surface area is 122 Å². The Hall–Kier alpha value is -2.31. The van der Waals surface area contributed by atoms with Crippen molar-refractivity contribution < 1.29 is 14.3 Å². The van der Waals surface area contributed by atoms with Crippen LogP contribution < -0.4 is 16.0 Å². The predicted octanol–water partition coefficient (Wildman–Crippen LogP) is -0.269. The zero-order valence-electron chi connectivity index (χ0n) is 12.2. The first kappa shape index (κ1) is 15.1. The van der Waals surface area contributed by atoms with E-state index in [9.17, 15) is 14.4 Å². The summed E-state index contributed by atoms with van der Waals surface area (Å²) < 4.78 is 6.46. The average Bonchev–Trinajstić information content (AvgIpc) is 2.49. The molecule has 7 heteroatoms. The van der Waals surface area contributed by atoms with E-state index in [4.69, 9.17) is 10.5 Å². The Bertz CT molecular complexity index is 615. The third kappa shape index (κ3) is 3.07. The molecular formula is C14H19N3O4. The van der Waals surface area contributed by atoms with Crippen LogP contribution in [0.1, 0.15) is 23.2 Å². The standard InChI is InChI=1S/C14H19N3O4/c1-16-8-10(11(21-2)7-12(16)18)14(20)17-5-3-9(4-6-17)13(15)19/h7-9H,3-6H2,1-2H3,(H2,15,19). The monoisotopic (exact) mass is 293 g/mol. The lowest BCUT2D eigenvalue weighted by atomic mass is 9.96. The molecule has 1 aliphatic rings. The number of carbonyl (C=O) groups is 2. The van der Waals surface area contributed by atoms with Gasteiger partial charge in [0.25, 0.3) is 11.5 Å². The maximum atomic E-state index is 12.5. The smallest absolute Gasteiger partial charge is 0.259 e. The van der Waals surface area contributed by atoms with Gasteiger partial charge in [-0.05, 0) is 12.8 Å². The number of nitrogens with zero attached hydrogens (tertiary/aromatic N) is 2. The van der Waals surface area contributed by atoms with Crippen molar-refractivity contribution in [3.05, 3.63) is 28.2 Å². The quantitative estimate of drug-likeness (QED) is 0.830. The first-order valence-electron chi connectivity index (χ1n) is 6.77. The Morgan fingerprint density at radius 3 is 2.48 bits per heavy atom. The van der Waals surface area contributed by atoms with E-state index in [2.05, 4.69) is 0 Å². The zero-order valence-corrected chi connectivity index (χ0v) is 12.2. The molecule has 0 bridgehead atoms. The molecule has 0 radical (unpaired) electrons. The Balaban J connectivity index is 2.20. The molecule has 0 atom stereocenters. The lowest BCUT2D eigenvalue weighted by molar-refractivity contribution is -0.123. The molecule has 2 amide bonds. The molecule has 1 aliphatic heterocycles. The Morgan fingerprint density at radius 2 is 1.95 bits per heavy atom. The van der Waals surface area contributed by atoms with E-state index in [1.165, 1.54) is 23.9 Å². The Kier molecular flexibility index (Phi) is 4.30. The number of hydrogen-bond acceptors (Lipinski definition) is 4. The van der Waals surface area contributed by atoms with Gasteiger partial charge in [0.15, 0.2) is 0 Å². The van der Waals surface area contributed by atoms with Gasteiger partial charge in [-0.15, -0.1) is 0 Å². The normalized spacial score (nSPS) is 15.8. The van der Waals surface area contributed by atoms with Crippen molar-refractivity contribution in [2.24, 2.45) is 18.7 Å². The second-order valence-electron chi connectivity index (χ2n) is 5.17. The summed E-state index contributed by atoms with van der Waals surface area (Å²) in [5.41, 5.74) is 5.39. The number of carbonyl (C=O) groups excluding carboxylic acids is 2. The second kappa shape index (κ2) is 5.99. The van der Waals surface area contributed by atoms with E-state index in [0.717, 1.165) is 0 Å². The maximum Gasteiger partial charge on any atom is 0.259 e. The van der Waals surface area contributed by atoms with E-state index >= 15 is 0 Å². The highest BCUT2D eigenvalue weighted by atomic mass is 16.5. The van der Waals surface area contributed by atoms with Crippen LogP contribution in [0.15, 0.2) is 17.1 Å². The number of aryl methyl sites for hydroxylation is 1. The largest absolute Gasteiger partial charge is 0.496 e. The van der Waals surface area contributed by atoms with Gasteiger partial charge in [-0.1, -0.05) is 0 Å². The van der Waals surface area contributed by atoms with Gasteiger partial charge in [-0.3, -0.25) is 14.4 Å². The first-order chi connectivity index (χ1) is 9.93. The molecule has 2 N–H and O–H groups in total. The van der Waals surface area contributed by atoms with Crippen molar-refractivity contribution in [1.82, 2.24) is 9.47 Å². The fourth-order valence-electron chi connectivity index (χ4n) is 2.48. The number of aromatic nitrogens is 1. The molecule has 2 rings (SSSR count). The lowest BCUT2D eigenvalue weighted by Crippen LogP contribution is -2.42. The average molecular weight is 293 g/mol. The van der Waals surface area contributed by atoms with Gasteiger partial charge in [0, 0.05) is 38.3 Å². The highest BCUT2D eigenvalue weighted by molar-refractivity contribution is 5.96. The summed E-state index contributed by atoms with van der Waals surface area (Å²) in [5, 5.41) is 0. The summed E-state index contributed by atoms with van der Waals surface area (Å²) in [6.45, 7) is 0.941. The van der Waals surface area contributed by atoms with E-state index in [1.807, 2.05) is 0 Å². The number of primary amides is 1. The Morgan fingerprint density at radius 1 is 1.33 bits per heavy atom. The second-order valence-corrected chi connectivity index (χ2v) is 5.17. The van der Waals surface area contributed by atoms with Gasteiger partial charge in [-0.25, -0.2) is 0 Å². The molecule has 1 saturated heterocycles. The van der Waals surface area contributed by atoms with E-state index in [-0.39, 0.29) is 29.0 Å². The fraction of sp³-hybridized carbons (Fsp3) is 0.500. The van der Waals surface area contributed by atoms with Crippen molar-refractivity contribution in [3.63, 3.8) is 0 Å². The molecule has 0 saturated carbocycles. The third-order valence-corrected chi connectivity index (χ3v) is 3.83. The van der Waals surface area contributed by atoms with E-state index in [0.29, 0.717) is 31.5 Å². The molecule has 1 aromatic rings. The van der Waals surface area contributed by atoms with Crippen molar-refractivity contribution in [2.45, 2.75) is 12.8 Å². The summed E-state index contributed by atoms with van der Waals surface area (Å²) in [6.07, 6.45) is 2.61. The number of amides is 2. The van der Waals surface area contributed by atoms with Crippen LogP contribution in [0, 0.1) is 5.92 Å². The molecule has 0 unspecified atom stereocenters. The van der Waals surface area contributed by atoms with Crippen molar-refractivity contribution >= 4 is 11.8 Å². The molecule has 0 spiro atoms. The number of pyridine rings is 1. The number of nitrogens with two attached hydrogens (primary N) is 1. The summed E-state index contributed by atoms with van der Waals surface area (Å²) in [4.78, 5) is 36.9. The van der Waals surface area contributed by atoms with Gasteiger partial charge in [0.1, 0.15) is 5.75 Å². The van der Waals surface area contributed by atoms with Crippen molar-refractivity contribution in [3.8, 4) is 5.75 Å². The molecule has 1 aromatic heterocycles. The molecule has 2 heterocycles. The summed E-state index contributed by atoms with van der Waals surface area (Å²) >= 11 is 0. The molecule has 0 aromatic carbocycles. The number of likely N-dealkylation sites (tertiary alicyclic amines) is 1. The van der Waals surface area contributed by atoms with Gasteiger partial charge in [0.2, 0.25) is 5.91 Å². The summed E-state index contributed by atoms with van der Waals surface area (Å²) in [5.74, 6) is -0.427. The minimum absolute atomic E-state index is 0.170. The van der Waals surface area contributed by atoms with Crippen LogP contribution in [0.5, 0.6) is 5.75 Å². The van der Waals surface area contributed by atoms with Crippen molar-refractivity contribution in [1.29, 1.82) is 0 Å². The van der Waals surface area contributed by atoms with E-state index < -0.39 is 0 Å². The first-order valence-corrected chi connectivity index (χ1v) is 6.77. The maximum absolute atomic E-state index is 12.5. The van der Waals surface area contributed by atoms with Crippen LogP contribution in [0.2, 0.25) is 0 Å². The van der Waals surface area contributed by atoms with Gasteiger partial charge < -0.3 is 19.9 Å². The zero-order chi connectivity index (χ0) is 15.6. The van der Waals surface area contributed by atoms with Crippen LogP contribution in [0.4, 0.5) is 0 Å². The molecular weight excluding hydrogens is 274 g/mol. The number of methoxy groups -OCH3 is 1. The van der Waals surface area contributed by atoms with Crippen LogP contribution in [0.3, 0.4) is 0 Å². The number of rotatable bonds is 3. The topological polar surface area (TPSA) is 94.6 Å². The highest BCUT2D eigenvalue weighted by Gasteiger charge is 2.28. The molecule has 0 aliphatic carbocycles. The van der Waals surface area contributed by atoms with Gasteiger partial charge >= 0.3 is 0 Å². The van der Waals surface area contributed by atoms with Gasteiger partial charge in [0.05, 0.1) is 12.7 Å². The van der Waals surface area contributed by atoms with Crippen LogP contribution >= 0.6 is 0 Å². The van der Waals surface area contributed by atoms with Crippen LogP contribution in [-0.2, 0) is 11.8 Å². The minimum atomic E-state index is -0.318. The molecule has 1 fully saturated rings. The molecule has 7 nitrogen and oxygen atoms in total. The SMILES string of the molecule is COc1cc(=O)n(C)cc1C(=O)N1CCC(C(N)=O)CC1. The lowest BCUT2D eigenvalue weighted by Gasteiger charge is -2.31. The number of hydrogen-bond donors (Lipinski definition) is 1. The van der Waals surface area contributed by atoms with E-state index in [1.54, 1.807) is 11.9 Å². The molecule has 21 heavy (non-hydrogen) atoms. The fourth-order valence-corrected chi connectivity index (χ4v) is 2.48. The highest BCUT2D eigenvalue weighted by Crippen LogP contribution is 2.22. The number of ether oxygens (including phenoxy) is 1. The van der Waals surface area contributed by atoms with Crippen molar-refractivity contribution in [2.75, 3.05) is 20.2 Å².